The van der Waals surface area contributed by atoms with E-state index in [-0.39, 0.29) is 27.0 Å². The summed E-state index contributed by atoms with van der Waals surface area (Å²) in [5.41, 5.74) is 1.29. The Hall–Kier alpha value is -0.290. The van der Waals surface area contributed by atoms with Gasteiger partial charge in [-0.3, -0.25) is 0 Å². The van der Waals surface area contributed by atoms with E-state index in [2.05, 4.69) is 31.2 Å². The molecule has 0 aliphatic carbocycles. The molecule has 0 heterocycles. The van der Waals surface area contributed by atoms with Crippen LogP contribution in [0.15, 0.2) is 36.4 Å². The molecule has 1 unspecified atom stereocenters. The number of hydrogen-bond donors (Lipinski definition) is 1. The Kier molecular flexibility index (Phi) is 6.80. The fraction of sp³-hybridized carbons (Fsp3) is 0.429. The molecule has 0 aliphatic heterocycles. The van der Waals surface area contributed by atoms with E-state index >= 15 is 0 Å². The van der Waals surface area contributed by atoms with Gasteiger partial charge in [0.2, 0.25) is 0 Å². The van der Waals surface area contributed by atoms with Crippen LogP contribution in [0.25, 0.3) is 3.62 Å². The Bertz CT molecular complexity index is 317. The molecule has 0 fully saturated rings. The summed E-state index contributed by atoms with van der Waals surface area (Å²) in [7, 11) is 0. The van der Waals surface area contributed by atoms with Crippen LogP contribution in [-0.4, -0.2) is 32.1 Å². The monoisotopic (exact) mass is 334 g/mol. The van der Waals surface area contributed by atoms with Gasteiger partial charge in [-0.2, -0.15) is 0 Å². The van der Waals surface area contributed by atoms with Gasteiger partial charge in [0.05, 0.1) is 0 Å². The molecule has 1 aromatic carbocycles. The van der Waals surface area contributed by atoms with E-state index in [0.29, 0.717) is 0 Å². The molecule has 0 saturated carbocycles. The summed E-state index contributed by atoms with van der Waals surface area (Å²) in [6.07, 6.45) is 4.27. The Morgan fingerprint density at radius 1 is 1.38 bits per heavy atom. The molecule has 1 nitrogen and oxygen atoms in total. The van der Waals surface area contributed by atoms with Crippen molar-refractivity contribution in [3.05, 3.63) is 42.0 Å². The first-order chi connectivity index (χ1) is 7.74. The average molecular weight is 332 g/mol. The SMILES string of the molecule is CCCC[Te]/C(=C\C(C)O)c1ccccc1. The molecule has 1 rings (SSSR count). The van der Waals surface area contributed by atoms with Gasteiger partial charge in [0, 0.05) is 0 Å². The standard InChI is InChI=1S/C14H20OTe/c1-3-4-10-16-14(11-12(2)15)13-8-6-5-7-9-13/h5-9,11-12,15H,3-4,10H2,1-2H3/b14-11-. The van der Waals surface area contributed by atoms with Crippen LogP contribution >= 0.6 is 0 Å². The van der Waals surface area contributed by atoms with Crippen molar-refractivity contribution >= 4 is 24.5 Å². The molecule has 1 atom stereocenters. The molecule has 1 N–H and O–H groups in total. The van der Waals surface area contributed by atoms with Gasteiger partial charge >= 0.3 is 109 Å². The van der Waals surface area contributed by atoms with E-state index in [1.807, 2.05) is 19.1 Å². The van der Waals surface area contributed by atoms with Crippen molar-refractivity contribution in [1.29, 1.82) is 0 Å². The first kappa shape index (κ1) is 13.8. The van der Waals surface area contributed by atoms with Crippen molar-refractivity contribution in [3.8, 4) is 0 Å². The van der Waals surface area contributed by atoms with Gasteiger partial charge in [-0.25, -0.2) is 0 Å². The number of hydrogen-bond acceptors (Lipinski definition) is 1. The number of aliphatic hydroxyl groups excluding tert-OH is 1. The topological polar surface area (TPSA) is 20.2 Å². The van der Waals surface area contributed by atoms with E-state index in [1.165, 1.54) is 26.5 Å². The van der Waals surface area contributed by atoms with Crippen molar-refractivity contribution in [2.45, 2.75) is 37.3 Å². The Balaban J connectivity index is 2.72. The van der Waals surface area contributed by atoms with Crippen LogP contribution in [0, 0.1) is 0 Å². The zero-order chi connectivity index (χ0) is 11.8. The van der Waals surface area contributed by atoms with Crippen LogP contribution in [0.4, 0.5) is 0 Å². The zero-order valence-electron chi connectivity index (χ0n) is 10.0. The number of unbranched alkanes of at least 4 members (excludes halogenated alkanes) is 1. The predicted octanol–water partition coefficient (Wildman–Crippen LogP) is 3.33. The zero-order valence-corrected chi connectivity index (χ0v) is 12.3. The van der Waals surface area contributed by atoms with Crippen LogP contribution in [0.3, 0.4) is 0 Å². The van der Waals surface area contributed by atoms with Crippen molar-refractivity contribution < 1.29 is 5.11 Å². The summed E-state index contributed by atoms with van der Waals surface area (Å²) in [4.78, 5) is 0. The summed E-state index contributed by atoms with van der Waals surface area (Å²) < 4.78 is 2.73. The number of aliphatic hydroxyl groups is 1. The van der Waals surface area contributed by atoms with Crippen molar-refractivity contribution in [2.75, 3.05) is 0 Å². The van der Waals surface area contributed by atoms with Crippen molar-refractivity contribution in [2.24, 2.45) is 0 Å². The minimum absolute atomic E-state index is 0.143. The fourth-order valence-corrected chi connectivity index (χ4v) is 4.94. The second-order valence-corrected chi connectivity index (χ2v) is 7.08. The first-order valence-electron chi connectivity index (χ1n) is 5.82. The summed E-state index contributed by atoms with van der Waals surface area (Å²) in [5, 5.41) is 9.49. The average Bonchev–Trinajstić information content (AvgIpc) is 2.29. The van der Waals surface area contributed by atoms with E-state index in [0.717, 1.165) is 0 Å². The second kappa shape index (κ2) is 7.90. The van der Waals surface area contributed by atoms with Gasteiger partial charge in [0.25, 0.3) is 0 Å². The predicted molar refractivity (Wildman–Crippen MR) is 71.6 cm³/mol. The van der Waals surface area contributed by atoms with Crippen LogP contribution in [-0.2, 0) is 0 Å². The molecule has 0 radical (unpaired) electrons. The molecule has 0 bridgehead atoms. The van der Waals surface area contributed by atoms with Gasteiger partial charge in [0.15, 0.2) is 0 Å². The van der Waals surface area contributed by atoms with Crippen LogP contribution in [0.2, 0.25) is 4.47 Å². The van der Waals surface area contributed by atoms with Gasteiger partial charge in [0.1, 0.15) is 0 Å². The Labute approximate surface area is 109 Å². The van der Waals surface area contributed by atoms with Gasteiger partial charge in [-0.05, 0) is 0 Å². The van der Waals surface area contributed by atoms with Gasteiger partial charge < -0.3 is 0 Å². The first-order valence-corrected chi connectivity index (χ1v) is 8.63. The summed E-state index contributed by atoms with van der Waals surface area (Å²) in [5.74, 6) is 0. The second-order valence-electron chi connectivity index (χ2n) is 3.84. The third-order valence-corrected chi connectivity index (χ3v) is 5.56. The fourth-order valence-electron chi connectivity index (χ4n) is 1.38. The Morgan fingerprint density at radius 3 is 2.62 bits per heavy atom. The number of rotatable bonds is 6. The maximum atomic E-state index is 9.49. The molecule has 0 amide bonds. The molecule has 0 aromatic heterocycles. The van der Waals surface area contributed by atoms with E-state index < -0.39 is 0 Å². The summed E-state index contributed by atoms with van der Waals surface area (Å²) >= 11 is -0.143. The quantitative estimate of drug-likeness (QED) is 0.626. The molecule has 16 heavy (non-hydrogen) atoms. The van der Waals surface area contributed by atoms with Crippen molar-refractivity contribution in [1.82, 2.24) is 0 Å². The number of benzene rings is 1. The third kappa shape index (κ3) is 5.16. The van der Waals surface area contributed by atoms with Crippen LogP contribution in [0.5, 0.6) is 0 Å². The molecular formula is C14H20OTe. The van der Waals surface area contributed by atoms with Crippen LogP contribution in [0.1, 0.15) is 32.3 Å². The third-order valence-electron chi connectivity index (χ3n) is 2.21. The normalized spacial score (nSPS) is 13.8. The molecule has 0 spiro atoms. The summed E-state index contributed by atoms with van der Waals surface area (Å²) in [6, 6.07) is 10.5. The molecule has 2 heteroatoms. The van der Waals surface area contributed by atoms with Gasteiger partial charge in [-0.15, -0.1) is 0 Å². The summed E-state index contributed by atoms with van der Waals surface area (Å²) in [6.45, 7) is 4.06. The minimum atomic E-state index is -0.332. The van der Waals surface area contributed by atoms with E-state index in [4.69, 9.17) is 0 Å². The van der Waals surface area contributed by atoms with Crippen LogP contribution < -0.4 is 0 Å². The van der Waals surface area contributed by atoms with Gasteiger partial charge in [-0.1, -0.05) is 0 Å². The van der Waals surface area contributed by atoms with E-state index in [9.17, 15) is 5.11 Å². The molecule has 88 valence electrons. The molecule has 1 aromatic rings. The Morgan fingerprint density at radius 2 is 2.06 bits per heavy atom. The van der Waals surface area contributed by atoms with Crippen molar-refractivity contribution in [3.63, 3.8) is 0 Å². The van der Waals surface area contributed by atoms with E-state index in [1.54, 1.807) is 0 Å². The maximum absolute atomic E-state index is 9.49. The molecule has 0 saturated heterocycles. The molecule has 0 aliphatic rings. The molecular weight excluding hydrogens is 312 g/mol.